The number of likely N-dealkylation sites (N-methyl/N-ethyl adjacent to an activating group) is 1. The maximum atomic E-state index is 9.81. The highest BCUT2D eigenvalue weighted by molar-refractivity contribution is 7.99. The molecular formula is C15H33NO4S. The smallest absolute Gasteiger partial charge is 0.0900 e. The molecule has 0 aliphatic rings. The molecule has 0 amide bonds. The Morgan fingerprint density at radius 3 is 2.00 bits per heavy atom. The number of hydrogen-bond donors (Lipinski definition) is 2. The van der Waals surface area contributed by atoms with Crippen molar-refractivity contribution in [3.63, 3.8) is 0 Å². The number of ether oxygens (including phenoxy) is 2. The fraction of sp³-hybridized carbons (Fsp3) is 1.00. The minimum atomic E-state index is -0.451. The number of nitrogens with zero attached hydrogens (tertiary/aromatic N) is 1. The van der Waals surface area contributed by atoms with Crippen molar-refractivity contribution in [1.82, 2.24) is 4.90 Å². The summed E-state index contributed by atoms with van der Waals surface area (Å²) in [6.45, 7) is 10.1. The van der Waals surface area contributed by atoms with E-state index in [1.54, 1.807) is 11.8 Å². The van der Waals surface area contributed by atoms with Crippen LogP contribution in [-0.2, 0) is 9.47 Å². The van der Waals surface area contributed by atoms with Gasteiger partial charge in [-0.15, -0.1) is 0 Å². The summed E-state index contributed by atoms with van der Waals surface area (Å²) in [5.74, 6) is 1.60. The van der Waals surface area contributed by atoms with E-state index in [9.17, 15) is 10.2 Å². The van der Waals surface area contributed by atoms with Crippen molar-refractivity contribution in [2.75, 3.05) is 44.9 Å². The lowest BCUT2D eigenvalue weighted by atomic mass is 10.3. The number of aliphatic hydroxyl groups is 2. The first-order chi connectivity index (χ1) is 9.81. The van der Waals surface area contributed by atoms with Gasteiger partial charge in [0, 0.05) is 24.6 Å². The van der Waals surface area contributed by atoms with Crippen LogP contribution < -0.4 is 0 Å². The summed E-state index contributed by atoms with van der Waals surface area (Å²) in [6.07, 6.45) is -0.555. The summed E-state index contributed by atoms with van der Waals surface area (Å²) in [4.78, 5) is 2.08. The molecule has 0 saturated heterocycles. The number of thioether (sulfide) groups is 1. The minimum Gasteiger partial charge on any atom is -0.390 e. The molecule has 0 aliphatic heterocycles. The van der Waals surface area contributed by atoms with E-state index in [2.05, 4.69) is 4.90 Å². The molecule has 0 aromatic heterocycles. The number of aliphatic hydroxyl groups excluding tert-OH is 2. The first kappa shape index (κ1) is 21.1. The van der Waals surface area contributed by atoms with E-state index in [1.807, 2.05) is 34.7 Å². The molecule has 0 unspecified atom stereocenters. The molecule has 2 atom stereocenters. The van der Waals surface area contributed by atoms with Crippen molar-refractivity contribution in [3.05, 3.63) is 0 Å². The van der Waals surface area contributed by atoms with Crippen molar-refractivity contribution in [2.45, 2.75) is 52.1 Å². The van der Waals surface area contributed by atoms with Crippen LogP contribution in [-0.4, -0.2) is 84.4 Å². The fourth-order valence-corrected chi connectivity index (χ4v) is 2.57. The van der Waals surface area contributed by atoms with Gasteiger partial charge in [0.05, 0.1) is 37.6 Å². The maximum Gasteiger partial charge on any atom is 0.0900 e. The van der Waals surface area contributed by atoms with Crippen LogP contribution in [0.1, 0.15) is 27.7 Å². The first-order valence-electron chi connectivity index (χ1n) is 7.66. The Labute approximate surface area is 134 Å². The van der Waals surface area contributed by atoms with Crippen molar-refractivity contribution in [3.8, 4) is 0 Å². The Balaban J connectivity index is 3.54. The lowest BCUT2D eigenvalue weighted by Gasteiger charge is -2.21. The van der Waals surface area contributed by atoms with Gasteiger partial charge in [0.2, 0.25) is 0 Å². The van der Waals surface area contributed by atoms with Gasteiger partial charge >= 0.3 is 0 Å². The van der Waals surface area contributed by atoms with Crippen molar-refractivity contribution in [2.24, 2.45) is 0 Å². The fourth-order valence-electron chi connectivity index (χ4n) is 1.60. The summed E-state index contributed by atoms with van der Waals surface area (Å²) in [7, 11) is 1.98. The van der Waals surface area contributed by atoms with Gasteiger partial charge in [-0.05, 0) is 34.7 Å². The summed E-state index contributed by atoms with van der Waals surface area (Å²) in [5.41, 5.74) is 0. The zero-order valence-corrected chi connectivity index (χ0v) is 14.9. The van der Waals surface area contributed by atoms with Gasteiger partial charge in [0.15, 0.2) is 0 Å². The summed E-state index contributed by atoms with van der Waals surface area (Å²) >= 11 is 1.70. The Morgan fingerprint density at radius 2 is 1.48 bits per heavy atom. The molecule has 0 heterocycles. The molecular weight excluding hydrogens is 290 g/mol. The van der Waals surface area contributed by atoms with E-state index < -0.39 is 12.2 Å². The van der Waals surface area contributed by atoms with E-state index in [1.165, 1.54) is 0 Å². The van der Waals surface area contributed by atoms with E-state index in [0.717, 1.165) is 12.3 Å². The van der Waals surface area contributed by atoms with Crippen LogP contribution >= 0.6 is 11.8 Å². The van der Waals surface area contributed by atoms with Gasteiger partial charge in [0.25, 0.3) is 0 Å². The third-order valence-corrected chi connectivity index (χ3v) is 3.79. The van der Waals surface area contributed by atoms with Crippen molar-refractivity contribution >= 4 is 11.8 Å². The second kappa shape index (κ2) is 12.7. The van der Waals surface area contributed by atoms with Crippen LogP contribution in [0.3, 0.4) is 0 Å². The molecule has 21 heavy (non-hydrogen) atoms. The van der Waals surface area contributed by atoms with Gasteiger partial charge in [-0.25, -0.2) is 0 Å². The summed E-state index contributed by atoms with van der Waals surface area (Å²) in [5, 5.41) is 19.5. The number of hydrogen-bond acceptors (Lipinski definition) is 6. The van der Waals surface area contributed by atoms with Crippen LogP contribution in [0.25, 0.3) is 0 Å². The monoisotopic (exact) mass is 323 g/mol. The second-order valence-corrected chi connectivity index (χ2v) is 7.06. The second-order valence-electron chi connectivity index (χ2n) is 5.91. The Kier molecular flexibility index (Phi) is 12.8. The summed E-state index contributed by atoms with van der Waals surface area (Å²) in [6, 6.07) is 0. The quantitative estimate of drug-likeness (QED) is 0.497. The molecule has 2 N–H and O–H groups in total. The van der Waals surface area contributed by atoms with E-state index in [-0.39, 0.29) is 12.2 Å². The van der Waals surface area contributed by atoms with Crippen LogP contribution in [0.5, 0.6) is 0 Å². The molecule has 0 bridgehead atoms. The predicted molar refractivity (Wildman–Crippen MR) is 89.0 cm³/mol. The molecule has 0 aromatic rings. The zero-order valence-electron chi connectivity index (χ0n) is 14.1. The summed E-state index contributed by atoms with van der Waals surface area (Å²) < 4.78 is 10.7. The molecule has 0 fully saturated rings. The van der Waals surface area contributed by atoms with Crippen molar-refractivity contribution in [1.29, 1.82) is 0 Å². The lowest BCUT2D eigenvalue weighted by molar-refractivity contribution is -0.00493. The minimum absolute atomic E-state index is 0.148. The maximum absolute atomic E-state index is 9.81. The number of rotatable bonds is 13. The highest BCUT2D eigenvalue weighted by Gasteiger charge is 2.10. The largest absolute Gasteiger partial charge is 0.390 e. The molecule has 0 aromatic carbocycles. The Morgan fingerprint density at radius 1 is 0.952 bits per heavy atom. The third kappa shape index (κ3) is 14.8. The molecule has 5 nitrogen and oxygen atoms in total. The van der Waals surface area contributed by atoms with E-state index in [4.69, 9.17) is 9.47 Å². The van der Waals surface area contributed by atoms with Crippen LogP contribution in [0.15, 0.2) is 0 Å². The predicted octanol–water partition coefficient (Wildman–Crippen LogP) is 1.22. The van der Waals surface area contributed by atoms with E-state index in [0.29, 0.717) is 25.5 Å². The lowest BCUT2D eigenvalue weighted by Crippen LogP contribution is -2.34. The topological polar surface area (TPSA) is 62.2 Å². The highest BCUT2D eigenvalue weighted by atomic mass is 32.2. The van der Waals surface area contributed by atoms with Crippen LogP contribution in [0.4, 0.5) is 0 Å². The van der Waals surface area contributed by atoms with Gasteiger partial charge in [-0.2, -0.15) is 11.8 Å². The molecule has 128 valence electrons. The van der Waals surface area contributed by atoms with Crippen LogP contribution in [0, 0.1) is 0 Å². The van der Waals surface area contributed by atoms with Gasteiger partial charge in [0.1, 0.15) is 0 Å². The SMILES string of the molecule is CC(C)OC[C@H](O)CSCCN(C)C[C@@H](O)COC(C)C. The molecule has 0 rings (SSSR count). The standard InChI is InChI=1S/C15H33NO4S/c1-12(2)19-9-14(17)8-16(5)6-7-21-11-15(18)10-20-13(3)4/h12-15,17-18H,6-11H2,1-5H3/t14-,15+/m1/s1. The van der Waals surface area contributed by atoms with Gasteiger partial charge in [-0.1, -0.05) is 0 Å². The van der Waals surface area contributed by atoms with E-state index >= 15 is 0 Å². The average molecular weight is 323 g/mol. The molecule has 6 heteroatoms. The van der Waals surface area contributed by atoms with Crippen LogP contribution in [0.2, 0.25) is 0 Å². The molecule has 0 saturated carbocycles. The molecule has 0 aliphatic carbocycles. The van der Waals surface area contributed by atoms with Gasteiger partial charge in [-0.3, -0.25) is 0 Å². The van der Waals surface area contributed by atoms with Crippen molar-refractivity contribution < 1.29 is 19.7 Å². The zero-order chi connectivity index (χ0) is 16.3. The molecule has 0 radical (unpaired) electrons. The Hall–Kier alpha value is 0.150. The molecule has 0 spiro atoms. The average Bonchev–Trinajstić information content (AvgIpc) is 2.39. The van der Waals surface area contributed by atoms with Gasteiger partial charge < -0.3 is 24.6 Å². The normalized spacial score (nSPS) is 15.1. The highest BCUT2D eigenvalue weighted by Crippen LogP contribution is 2.05. The first-order valence-corrected chi connectivity index (χ1v) is 8.82. The third-order valence-electron chi connectivity index (χ3n) is 2.69. The Bertz CT molecular complexity index is 242.